The molecule has 4 aromatic rings. The van der Waals surface area contributed by atoms with E-state index in [0.29, 0.717) is 54.3 Å². The molecule has 3 aromatic heterocycles. The zero-order valence-corrected chi connectivity index (χ0v) is 17.5. The molecular weight excluding hydrogens is 433 g/mol. The number of rotatable bonds is 4. The largest absolute Gasteiger partial charge is 0.490 e. The molecule has 1 aliphatic heterocycles. The van der Waals surface area contributed by atoms with Gasteiger partial charge in [0.05, 0.1) is 12.2 Å². The first-order chi connectivity index (χ1) is 16.0. The van der Waals surface area contributed by atoms with Crippen molar-refractivity contribution < 1.29 is 17.9 Å². The third-order valence-corrected chi connectivity index (χ3v) is 6.03. The number of nitrogens with zero attached hydrogens (tertiary/aromatic N) is 6. The van der Waals surface area contributed by atoms with Gasteiger partial charge in [0.25, 0.3) is 0 Å². The highest BCUT2D eigenvalue weighted by Gasteiger charge is 2.38. The second-order valence-corrected chi connectivity index (χ2v) is 8.29. The number of aromatic nitrogens is 5. The normalized spacial score (nSPS) is 16.0. The smallest absolute Gasteiger partial charge is 0.420 e. The minimum atomic E-state index is -4.60. The monoisotopic (exact) mass is 452 g/mol. The van der Waals surface area contributed by atoms with Crippen LogP contribution in [-0.4, -0.2) is 37.7 Å². The summed E-state index contributed by atoms with van der Waals surface area (Å²) in [4.78, 5) is 10.4. The van der Waals surface area contributed by atoms with Crippen molar-refractivity contribution in [3.05, 3.63) is 60.3 Å². The van der Waals surface area contributed by atoms with E-state index in [1.54, 1.807) is 42.9 Å². The lowest BCUT2D eigenvalue weighted by atomic mass is 9.99. The fourth-order valence-electron chi connectivity index (χ4n) is 4.27. The van der Waals surface area contributed by atoms with Crippen LogP contribution in [0.25, 0.3) is 16.8 Å². The van der Waals surface area contributed by atoms with Gasteiger partial charge in [-0.25, -0.2) is 9.97 Å². The van der Waals surface area contributed by atoms with E-state index in [4.69, 9.17) is 4.74 Å². The van der Waals surface area contributed by atoms with Crippen molar-refractivity contribution in [1.29, 1.82) is 0 Å². The molecule has 4 heterocycles. The summed E-state index contributed by atoms with van der Waals surface area (Å²) >= 11 is 0. The molecule has 0 bridgehead atoms. The standard InChI is InChI=1S/C23H19F3N6O/c24-23(25,26)20-16(6-9-32-19(12-14-2-3-14)29-30-21(20)32)15-4-5-18-17(13-15)31(10-11-33-18)22-27-7-1-8-28-22/h1,4-9,13-14H,2-3,10-12H2. The van der Waals surface area contributed by atoms with E-state index >= 15 is 0 Å². The maximum atomic E-state index is 14.3. The van der Waals surface area contributed by atoms with Gasteiger partial charge in [0.2, 0.25) is 5.95 Å². The SMILES string of the molecule is FC(F)(F)c1c(-c2ccc3c(c2)N(c2ncccn2)CCO3)ccn2c(CC3CC3)nnc12. The van der Waals surface area contributed by atoms with E-state index in [1.165, 1.54) is 10.5 Å². The Morgan fingerprint density at radius 2 is 1.88 bits per heavy atom. The lowest BCUT2D eigenvalue weighted by molar-refractivity contribution is -0.136. The lowest BCUT2D eigenvalue weighted by Gasteiger charge is -2.30. The maximum absolute atomic E-state index is 14.3. The number of hydrogen-bond donors (Lipinski definition) is 0. The van der Waals surface area contributed by atoms with E-state index < -0.39 is 11.7 Å². The molecule has 6 rings (SSSR count). The predicted octanol–water partition coefficient (Wildman–Crippen LogP) is 4.69. The summed E-state index contributed by atoms with van der Waals surface area (Å²) in [6.07, 6.45) is 3.08. The minimum Gasteiger partial charge on any atom is -0.490 e. The first-order valence-corrected chi connectivity index (χ1v) is 10.7. The summed E-state index contributed by atoms with van der Waals surface area (Å²) in [6, 6.07) is 8.21. The van der Waals surface area contributed by atoms with Crippen molar-refractivity contribution in [2.45, 2.75) is 25.4 Å². The van der Waals surface area contributed by atoms with Crippen LogP contribution in [0, 0.1) is 5.92 Å². The molecule has 7 nitrogen and oxygen atoms in total. The molecule has 0 radical (unpaired) electrons. The number of ether oxygens (including phenoxy) is 1. The van der Waals surface area contributed by atoms with Crippen LogP contribution in [0.3, 0.4) is 0 Å². The van der Waals surface area contributed by atoms with E-state index in [-0.39, 0.29) is 11.2 Å². The van der Waals surface area contributed by atoms with Gasteiger partial charge in [0, 0.05) is 25.0 Å². The molecule has 33 heavy (non-hydrogen) atoms. The molecule has 168 valence electrons. The first kappa shape index (κ1) is 20.0. The maximum Gasteiger partial charge on any atom is 0.420 e. The quantitative estimate of drug-likeness (QED) is 0.448. The van der Waals surface area contributed by atoms with Crippen LogP contribution >= 0.6 is 0 Å². The Bertz CT molecular complexity index is 1330. The predicted molar refractivity (Wildman–Crippen MR) is 114 cm³/mol. The third-order valence-electron chi connectivity index (χ3n) is 6.03. The van der Waals surface area contributed by atoms with E-state index in [1.807, 2.05) is 4.90 Å². The number of anilines is 2. The highest BCUT2D eigenvalue weighted by Crippen LogP contribution is 2.43. The Kier molecular flexibility index (Phi) is 4.49. The van der Waals surface area contributed by atoms with Crippen LogP contribution in [0.1, 0.15) is 24.2 Å². The number of alkyl halides is 3. The molecule has 1 fully saturated rings. The van der Waals surface area contributed by atoms with Gasteiger partial charge in [0.15, 0.2) is 5.65 Å². The topological polar surface area (TPSA) is 68.4 Å². The summed E-state index contributed by atoms with van der Waals surface area (Å²) in [5.41, 5.74) is 0.102. The third kappa shape index (κ3) is 3.55. The van der Waals surface area contributed by atoms with Crippen molar-refractivity contribution in [2.24, 2.45) is 5.92 Å². The first-order valence-electron chi connectivity index (χ1n) is 10.7. The Labute approximate surface area is 186 Å². The van der Waals surface area contributed by atoms with Gasteiger partial charge in [-0.1, -0.05) is 6.07 Å². The second kappa shape index (κ2) is 7.43. The van der Waals surface area contributed by atoms with E-state index in [0.717, 1.165) is 12.8 Å². The van der Waals surface area contributed by atoms with Gasteiger partial charge in [-0.05, 0) is 54.2 Å². The average molecular weight is 452 g/mol. The number of pyridine rings is 1. The Hall–Kier alpha value is -3.69. The summed E-state index contributed by atoms with van der Waals surface area (Å²) in [5.74, 6) is 2.09. The van der Waals surface area contributed by atoms with E-state index in [9.17, 15) is 13.2 Å². The highest BCUT2D eigenvalue weighted by atomic mass is 19.4. The molecule has 1 aromatic carbocycles. The number of hydrogen-bond acceptors (Lipinski definition) is 6. The summed E-state index contributed by atoms with van der Waals surface area (Å²) in [6.45, 7) is 0.911. The number of halogens is 3. The van der Waals surface area contributed by atoms with Gasteiger partial charge in [0.1, 0.15) is 23.7 Å². The molecule has 0 atom stereocenters. The van der Waals surface area contributed by atoms with Crippen LogP contribution in [0.2, 0.25) is 0 Å². The fraction of sp³-hybridized carbons (Fsp3) is 0.304. The van der Waals surface area contributed by atoms with Gasteiger partial charge in [-0.15, -0.1) is 10.2 Å². The molecule has 0 spiro atoms. The van der Waals surface area contributed by atoms with Gasteiger partial charge in [-0.2, -0.15) is 13.2 Å². The van der Waals surface area contributed by atoms with Gasteiger partial charge >= 0.3 is 6.18 Å². The zero-order valence-electron chi connectivity index (χ0n) is 17.5. The zero-order chi connectivity index (χ0) is 22.6. The molecule has 0 N–H and O–H groups in total. The second-order valence-electron chi connectivity index (χ2n) is 8.29. The van der Waals surface area contributed by atoms with Crippen LogP contribution in [-0.2, 0) is 12.6 Å². The summed E-state index contributed by atoms with van der Waals surface area (Å²) in [7, 11) is 0. The number of fused-ring (bicyclic) bond motifs is 2. The van der Waals surface area contributed by atoms with Crippen molar-refractivity contribution in [3.63, 3.8) is 0 Å². The molecule has 0 amide bonds. The Morgan fingerprint density at radius 3 is 2.64 bits per heavy atom. The van der Waals surface area contributed by atoms with Crippen molar-refractivity contribution in [3.8, 4) is 16.9 Å². The van der Waals surface area contributed by atoms with Crippen LogP contribution < -0.4 is 9.64 Å². The molecule has 10 heteroatoms. The average Bonchev–Trinajstić information content (AvgIpc) is 3.55. The highest BCUT2D eigenvalue weighted by molar-refractivity contribution is 5.80. The van der Waals surface area contributed by atoms with Gasteiger partial charge < -0.3 is 9.64 Å². The molecule has 2 aliphatic rings. The molecule has 1 saturated carbocycles. The van der Waals surface area contributed by atoms with Crippen LogP contribution in [0.5, 0.6) is 5.75 Å². The van der Waals surface area contributed by atoms with Crippen LogP contribution in [0.15, 0.2) is 48.9 Å². The van der Waals surface area contributed by atoms with E-state index in [2.05, 4.69) is 20.2 Å². The fourth-order valence-corrected chi connectivity index (χ4v) is 4.27. The molecule has 1 aliphatic carbocycles. The van der Waals surface area contributed by atoms with Crippen molar-refractivity contribution in [1.82, 2.24) is 24.6 Å². The van der Waals surface area contributed by atoms with Crippen LogP contribution in [0.4, 0.5) is 24.8 Å². The Morgan fingerprint density at radius 1 is 1.06 bits per heavy atom. The minimum absolute atomic E-state index is 0.0441. The van der Waals surface area contributed by atoms with Gasteiger partial charge in [-0.3, -0.25) is 4.40 Å². The van der Waals surface area contributed by atoms with Crippen molar-refractivity contribution in [2.75, 3.05) is 18.1 Å². The molecule has 0 saturated heterocycles. The Balaban J connectivity index is 1.49. The summed E-state index contributed by atoms with van der Waals surface area (Å²) in [5, 5.41) is 8.01. The molecular formula is C23H19F3N6O. The lowest BCUT2D eigenvalue weighted by Crippen LogP contribution is -2.29. The number of benzene rings is 1. The molecule has 0 unspecified atom stereocenters. The summed E-state index contributed by atoms with van der Waals surface area (Å²) < 4.78 is 50.1. The van der Waals surface area contributed by atoms with Crippen molar-refractivity contribution >= 4 is 17.3 Å².